The van der Waals surface area contributed by atoms with Crippen LogP contribution in [0.2, 0.25) is 0 Å². The minimum Gasteiger partial charge on any atom is -0.339 e. The van der Waals surface area contributed by atoms with E-state index in [1.807, 2.05) is 0 Å². The molecule has 0 radical (unpaired) electrons. The lowest BCUT2D eigenvalue weighted by Gasteiger charge is -2.06. The number of nitrogens with one attached hydrogen (secondary N) is 1. The van der Waals surface area contributed by atoms with Gasteiger partial charge in [-0.25, -0.2) is 14.3 Å². The Bertz CT molecular complexity index is 624. The fourth-order valence-electron chi connectivity index (χ4n) is 1.31. The molecular weight excluding hydrogens is 210 g/mol. The second-order valence-corrected chi connectivity index (χ2v) is 2.90. The van der Waals surface area contributed by atoms with Crippen LogP contribution in [0.3, 0.4) is 0 Å². The Kier molecular flexibility index (Phi) is 1.92. The summed E-state index contributed by atoms with van der Waals surface area (Å²) in [5, 5.41) is 0. The van der Waals surface area contributed by atoms with Crippen molar-refractivity contribution in [1.82, 2.24) is 19.1 Å². The van der Waals surface area contributed by atoms with Crippen LogP contribution in [0.4, 0.5) is 8.78 Å². The topological polar surface area (TPSA) is 72.7 Å². The molecular formula is C7H6F2N4O2. The Labute approximate surface area is 80.8 Å². The number of nitrogens with zero attached hydrogens (tertiary/aromatic N) is 3. The van der Waals surface area contributed by atoms with Crippen molar-refractivity contribution < 1.29 is 8.78 Å². The van der Waals surface area contributed by atoms with E-state index < -0.39 is 17.8 Å². The number of aromatic nitrogens is 4. The van der Waals surface area contributed by atoms with Crippen LogP contribution in [0.25, 0.3) is 11.2 Å². The molecule has 2 rings (SSSR count). The van der Waals surface area contributed by atoms with Crippen LogP contribution in [-0.4, -0.2) is 19.1 Å². The predicted molar refractivity (Wildman–Crippen MR) is 46.8 cm³/mol. The van der Waals surface area contributed by atoms with E-state index in [0.717, 1.165) is 13.4 Å². The molecule has 0 atom stereocenters. The molecule has 0 bridgehead atoms. The fraction of sp³-hybridized carbons (Fsp3) is 0.286. The first kappa shape index (κ1) is 9.56. The number of H-pyrrole nitrogens is 1. The maximum atomic E-state index is 12.5. The number of hydrogen-bond donors (Lipinski definition) is 1. The quantitative estimate of drug-likeness (QED) is 0.718. The molecule has 0 saturated heterocycles. The van der Waals surface area contributed by atoms with Crippen molar-refractivity contribution >= 4 is 11.2 Å². The highest BCUT2D eigenvalue weighted by molar-refractivity contribution is 5.68. The largest absolute Gasteiger partial charge is 0.339 e. The van der Waals surface area contributed by atoms with E-state index in [-0.39, 0.29) is 15.7 Å². The van der Waals surface area contributed by atoms with E-state index in [4.69, 9.17) is 0 Å². The van der Waals surface area contributed by atoms with E-state index in [2.05, 4.69) is 9.97 Å². The normalized spacial score (nSPS) is 11.5. The average molecular weight is 216 g/mol. The minimum atomic E-state index is -3.03. The van der Waals surface area contributed by atoms with E-state index in [1.54, 1.807) is 0 Å². The fourth-order valence-corrected chi connectivity index (χ4v) is 1.31. The monoisotopic (exact) mass is 216 g/mol. The first-order valence-electron chi connectivity index (χ1n) is 3.97. The smallest absolute Gasteiger partial charge is 0.336 e. The van der Waals surface area contributed by atoms with E-state index >= 15 is 0 Å². The van der Waals surface area contributed by atoms with Crippen molar-refractivity contribution in [3.8, 4) is 0 Å². The summed E-state index contributed by atoms with van der Waals surface area (Å²) in [5.74, 6) is 0. The Hall–Kier alpha value is -1.99. The number of hydrogen-bond acceptors (Lipinski definition) is 3. The summed E-state index contributed by atoms with van der Waals surface area (Å²) in [7, 11) is 1.13. The lowest BCUT2D eigenvalue weighted by atomic mass is 10.5. The van der Waals surface area contributed by atoms with Gasteiger partial charge in [0, 0.05) is 7.05 Å². The van der Waals surface area contributed by atoms with Gasteiger partial charge >= 0.3 is 12.2 Å². The molecule has 0 spiro atoms. The van der Waals surface area contributed by atoms with E-state index in [1.165, 1.54) is 0 Å². The zero-order valence-electron chi connectivity index (χ0n) is 7.57. The van der Waals surface area contributed by atoms with Gasteiger partial charge in [0.05, 0.1) is 6.33 Å². The van der Waals surface area contributed by atoms with Crippen molar-refractivity contribution in [1.29, 1.82) is 0 Å². The minimum absolute atomic E-state index is 0.114. The van der Waals surface area contributed by atoms with Crippen molar-refractivity contribution in [2.24, 2.45) is 7.05 Å². The van der Waals surface area contributed by atoms with Crippen molar-refractivity contribution in [3.63, 3.8) is 0 Å². The summed E-state index contributed by atoms with van der Waals surface area (Å²) in [5.41, 5.74) is -2.21. The summed E-state index contributed by atoms with van der Waals surface area (Å²) in [4.78, 5) is 28.7. The van der Waals surface area contributed by atoms with Crippen LogP contribution in [0.5, 0.6) is 0 Å². The number of aromatic amines is 1. The van der Waals surface area contributed by atoms with Crippen LogP contribution in [0.1, 0.15) is 6.55 Å². The molecule has 2 aromatic heterocycles. The maximum absolute atomic E-state index is 12.5. The van der Waals surface area contributed by atoms with Gasteiger partial charge in [-0.1, -0.05) is 0 Å². The zero-order chi connectivity index (χ0) is 11.2. The van der Waals surface area contributed by atoms with Gasteiger partial charge in [-0.3, -0.25) is 9.36 Å². The SMILES string of the molecule is Cn1c(=O)c2[nH]cnc2n(C(F)F)c1=O. The first-order chi connectivity index (χ1) is 7.04. The Morgan fingerprint density at radius 3 is 2.73 bits per heavy atom. The van der Waals surface area contributed by atoms with Crippen molar-refractivity contribution in [3.05, 3.63) is 27.2 Å². The van der Waals surface area contributed by atoms with Crippen LogP contribution < -0.4 is 11.2 Å². The third kappa shape index (κ3) is 1.17. The first-order valence-corrected chi connectivity index (χ1v) is 3.97. The molecule has 0 aromatic carbocycles. The highest BCUT2D eigenvalue weighted by atomic mass is 19.3. The van der Waals surface area contributed by atoms with Gasteiger partial charge in [0.15, 0.2) is 5.65 Å². The molecule has 2 aromatic rings. The highest BCUT2D eigenvalue weighted by Crippen LogP contribution is 2.11. The van der Waals surface area contributed by atoms with E-state index in [9.17, 15) is 18.4 Å². The lowest BCUT2D eigenvalue weighted by Crippen LogP contribution is -2.38. The van der Waals surface area contributed by atoms with Crippen LogP contribution in [-0.2, 0) is 7.05 Å². The molecule has 6 nitrogen and oxygen atoms in total. The maximum Gasteiger partial charge on any atom is 0.336 e. The van der Waals surface area contributed by atoms with Gasteiger partial charge in [-0.2, -0.15) is 8.78 Å². The summed E-state index contributed by atoms with van der Waals surface area (Å²) >= 11 is 0. The molecule has 0 unspecified atom stereocenters. The second kappa shape index (κ2) is 3.01. The summed E-state index contributed by atoms with van der Waals surface area (Å²) < 4.78 is 25.8. The third-order valence-electron chi connectivity index (χ3n) is 2.05. The van der Waals surface area contributed by atoms with Gasteiger partial charge in [0.25, 0.3) is 5.56 Å². The molecule has 0 saturated carbocycles. The summed E-state index contributed by atoms with van der Waals surface area (Å²) in [6, 6.07) is 0. The molecule has 0 aliphatic heterocycles. The summed E-state index contributed by atoms with van der Waals surface area (Å²) in [6.07, 6.45) is 1.09. The Balaban J connectivity index is 3.08. The summed E-state index contributed by atoms with van der Waals surface area (Å²) in [6.45, 7) is -3.03. The lowest BCUT2D eigenvalue weighted by molar-refractivity contribution is 0.0680. The number of fused-ring (bicyclic) bond motifs is 1. The third-order valence-corrected chi connectivity index (χ3v) is 2.05. The molecule has 0 fully saturated rings. The van der Waals surface area contributed by atoms with Crippen LogP contribution >= 0.6 is 0 Å². The van der Waals surface area contributed by atoms with Gasteiger partial charge in [-0.15, -0.1) is 0 Å². The number of rotatable bonds is 1. The molecule has 8 heteroatoms. The molecule has 2 heterocycles. The van der Waals surface area contributed by atoms with Gasteiger partial charge in [0.2, 0.25) is 0 Å². The number of imidazole rings is 1. The highest BCUT2D eigenvalue weighted by Gasteiger charge is 2.18. The molecule has 0 amide bonds. The Morgan fingerprint density at radius 2 is 2.13 bits per heavy atom. The number of alkyl halides is 2. The molecule has 80 valence electrons. The van der Waals surface area contributed by atoms with Crippen LogP contribution in [0.15, 0.2) is 15.9 Å². The Morgan fingerprint density at radius 1 is 1.47 bits per heavy atom. The van der Waals surface area contributed by atoms with Crippen LogP contribution in [0, 0.1) is 0 Å². The predicted octanol–water partition coefficient (Wildman–Crippen LogP) is -0.182. The average Bonchev–Trinajstić information content (AvgIpc) is 2.62. The zero-order valence-corrected chi connectivity index (χ0v) is 7.57. The molecule has 0 aliphatic rings. The second-order valence-electron chi connectivity index (χ2n) is 2.90. The standard InChI is InChI=1S/C7H6F2N4O2/c1-12-5(14)3-4(11-2-10-3)13(6(8)9)7(12)15/h2,6H,1H3,(H,10,11). The molecule has 0 aliphatic carbocycles. The number of halogens is 2. The van der Waals surface area contributed by atoms with Gasteiger partial charge in [0.1, 0.15) is 5.52 Å². The van der Waals surface area contributed by atoms with Gasteiger partial charge < -0.3 is 4.98 Å². The van der Waals surface area contributed by atoms with E-state index in [0.29, 0.717) is 4.57 Å². The molecule has 1 N–H and O–H groups in total. The molecule has 15 heavy (non-hydrogen) atoms. The van der Waals surface area contributed by atoms with Gasteiger partial charge in [-0.05, 0) is 0 Å². The van der Waals surface area contributed by atoms with Crippen molar-refractivity contribution in [2.45, 2.75) is 6.55 Å². The van der Waals surface area contributed by atoms with Crippen molar-refractivity contribution in [2.75, 3.05) is 0 Å².